The number of methoxy groups -OCH3 is 1. The van der Waals surface area contributed by atoms with Crippen molar-refractivity contribution in [2.45, 2.75) is 25.8 Å². The normalized spacial score (nSPS) is 14.5. The number of fused-ring (bicyclic) bond motifs is 4. The average molecular weight is 415 g/mol. The molecule has 0 atom stereocenters. The lowest BCUT2D eigenvalue weighted by atomic mass is 10.1. The number of para-hydroxylation sites is 1. The highest BCUT2D eigenvalue weighted by molar-refractivity contribution is 5.95. The summed E-state index contributed by atoms with van der Waals surface area (Å²) in [7, 11) is 1.55. The van der Waals surface area contributed by atoms with Gasteiger partial charge in [0.15, 0.2) is 11.5 Å². The Morgan fingerprint density at radius 3 is 2.80 bits per heavy atom. The van der Waals surface area contributed by atoms with E-state index in [9.17, 15) is 13.2 Å². The van der Waals surface area contributed by atoms with E-state index in [2.05, 4.69) is 20.1 Å². The van der Waals surface area contributed by atoms with Crippen LogP contribution in [0.3, 0.4) is 0 Å². The number of hydrogen-bond donors (Lipinski definition) is 1. The van der Waals surface area contributed by atoms with Crippen LogP contribution in [-0.2, 0) is 25.8 Å². The van der Waals surface area contributed by atoms with E-state index < -0.39 is 11.7 Å². The number of aromatic nitrogens is 5. The molecule has 8 nitrogen and oxygen atoms in total. The Morgan fingerprint density at radius 1 is 1.20 bits per heavy atom. The van der Waals surface area contributed by atoms with Crippen molar-refractivity contribution < 1.29 is 17.9 Å². The van der Waals surface area contributed by atoms with E-state index in [0.717, 1.165) is 17.6 Å². The summed E-state index contributed by atoms with van der Waals surface area (Å²) >= 11 is 0. The molecule has 4 aromatic rings. The van der Waals surface area contributed by atoms with Gasteiger partial charge in [0.2, 0.25) is 5.95 Å². The highest BCUT2D eigenvalue weighted by Crippen LogP contribution is 2.32. The molecule has 1 aromatic carbocycles. The molecule has 0 bridgehead atoms. The molecule has 0 saturated heterocycles. The molecule has 2 N–H and O–H groups in total. The smallest absolute Gasteiger partial charge is 0.417 e. The molecule has 0 saturated carbocycles. The first-order valence-corrected chi connectivity index (χ1v) is 9.08. The van der Waals surface area contributed by atoms with Gasteiger partial charge in [-0.2, -0.15) is 17.7 Å². The van der Waals surface area contributed by atoms with Crippen LogP contribution < -0.4 is 10.5 Å². The van der Waals surface area contributed by atoms with Gasteiger partial charge in [0.25, 0.3) is 0 Å². The number of nitrogen functional groups attached to an aromatic ring is 1. The van der Waals surface area contributed by atoms with Crippen molar-refractivity contribution in [1.82, 2.24) is 29.5 Å². The molecule has 5 rings (SSSR count). The van der Waals surface area contributed by atoms with Crippen LogP contribution in [-0.4, -0.2) is 36.6 Å². The lowest BCUT2D eigenvalue weighted by molar-refractivity contribution is -0.137. The monoisotopic (exact) mass is 415 g/mol. The summed E-state index contributed by atoms with van der Waals surface area (Å²) in [6.45, 7) is 1.10. The van der Waals surface area contributed by atoms with Gasteiger partial charge in [-0.3, -0.25) is 9.88 Å². The Labute approximate surface area is 168 Å². The Kier molecular flexibility index (Phi) is 4.03. The fourth-order valence-corrected chi connectivity index (χ4v) is 3.69. The number of hydrogen-bond acceptors (Lipinski definition) is 7. The van der Waals surface area contributed by atoms with Crippen LogP contribution in [0.25, 0.3) is 16.6 Å². The lowest BCUT2D eigenvalue weighted by Gasteiger charge is -2.11. The first-order chi connectivity index (χ1) is 14.3. The van der Waals surface area contributed by atoms with Crippen LogP contribution in [0.15, 0.2) is 30.5 Å². The van der Waals surface area contributed by atoms with Crippen molar-refractivity contribution in [3.8, 4) is 5.75 Å². The number of nitrogens with zero attached hydrogens (tertiary/aromatic N) is 6. The number of halogens is 3. The highest BCUT2D eigenvalue weighted by Gasteiger charge is 2.33. The number of nitrogens with two attached hydrogens (primary N) is 1. The molecule has 0 spiro atoms. The molecule has 1 aliphatic rings. The van der Waals surface area contributed by atoms with Gasteiger partial charge in [-0.25, -0.2) is 9.97 Å². The minimum atomic E-state index is -4.41. The second kappa shape index (κ2) is 6.52. The zero-order valence-electron chi connectivity index (χ0n) is 15.8. The van der Waals surface area contributed by atoms with Crippen LogP contribution in [0, 0.1) is 0 Å². The quantitative estimate of drug-likeness (QED) is 0.550. The van der Waals surface area contributed by atoms with E-state index in [1.807, 2.05) is 17.0 Å². The van der Waals surface area contributed by atoms with E-state index in [-0.39, 0.29) is 5.95 Å². The molecule has 154 valence electrons. The van der Waals surface area contributed by atoms with Crippen molar-refractivity contribution >= 4 is 22.5 Å². The maximum Gasteiger partial charge on any atom is 0.417 e. The van der Waals surface area contributed by atoms with Crippen LogP contribution in [0.5, 0.6) is 5.75 Å². The van der Waals surface area contributed by atoms with E-state index in [0.29, 0.717) is 53.6 Å². The second-order valence-electron chi connectivity index (χ2n) is 7.06. The van der Waals surface area contributed by atoms with Gasteiger partial charge in [0.05, 0.1) is 24.9 Å². The van der Waals surface area contributed by atoms with E-state index >= 15 is 0 Å². The first-order valence-electron chi connectivity index (χ1n) is 9.08. The van der Waals surface area contributed by atoms with Crippen molar-refractivity contribution in [3.05, 3.63) is 53.1 Å². The maximum atomic E-state index is 12.9. The predicted molar refractivity (Wildman–Crippen MR) is 101 cm³/mol. The minimum Gasteiger partial charge on any atom is -0.494 e. The summed E-state index contributed by atoms with van der Waals surface area (Å²) in [6.07, 6.45) is -3.54. The van der Waals surface area contributed by atoms with Crippen molar-refractivity contribution in [3.63, 3.8) is 0 Å². The van der Waals surface area contributed by atoms with E-state index in [1.54, 1.807) is 13.2 Å². The fraction of sp³-hybridized carbons (Fsp3) is 0.263. The summed E-state index contributed by atoms with van der Waals surface area (Å²) in [5.74, 6) is 1.23. The largest absolute Gasteiger partial charge is 0.494 e. The van der Waals surface area contributed by atoms with Crippen molar-refractivity contribution in [2.75, 3.05) is 12.8 Å². The standard InChI is InChI=1S/C19H16F3N7O/c1-30-14-4-2-3-12-16(14)26-18(23)29-17(12)25-15(27-29)9-28-7-10-5-11(19(20,21)22)6-24-13(10)8-28/h2-6H,7-9H2,1H3,(H2,23,26). The van der Waals surface area contributed by atoms with Gasteiger partial charge in [0.1, 0.15) is 11.3 Å². The Hall–Kier alpha value is -3.47. The van der Waals surface area contributed by atoms with Gasteiger partial charge >= 0.3 is 6.18 Å². The summed E-state index contributed by atoms with van der Waals surface area (Å²) in [4.78, 5) is 14.9. The fourth-order valence-electron chi connectivity index (χ4n) is 3.69. The average Bonchev–Trinajstić information content (AvgIpc) is 3.30. The van der Waals surface area contributed by atoms with E-state index in [1.165, 1.54) is 4.52 Å². The summed E-state index contributed by atoms with van der Waals surface area (Å²) < 4.78 is 45.6. The third-order valence-electron chi connectivity index (χ3n) is 5.07. The molecule has 0 aliphatic carbocycles. The Morgan fingerprint density at radius 2 is 2.03 bits per heavy atom. The summed E-state index contributed by atoms with van der Waals surface area (Å²) in [5.41, 5.74) is 7.63. The SMILES string of the molecule is COc1cccc2c1nc(N)n1nc(CN3Cc4cc(C(F)(F)F)cnc4C3)nc21. The maximum absolute atomic E-state index is 12.9. The summed E-state index contributed by atoms with van der Waals surface area (Å²) in [5, 5.41) is 5.18. The van der Waals surface area contributed by atoms with Crippen LogP contribution in [0.1, 0.15) is 22.6 Å². The van der Waals surface area contributed by atoms with Crippen LogP contribution in [0.2, 0.25) is 0 Å². The van der Waals surface area contributed by atoms with Crippen LogP contribution >= 0.6 is 0 Å². The van der Waals surface area contributed by atoms with Crippen LogP contribution in [0.4, 0.5) is 19.1 Å². The van der Waals surface area contributed by atoms with Gasteiger partial charge in [-0.15, -0.1) is 5.10 Å². The third kappa shape index (κ3) is 2.98. The number of alkyl halides is 3. The highest BCUT2D eigenvalue weighted by atomic mass is 19.4. The zero-order valence-corrected chi connectivity index (χ0v) is 15.8. The van der Waals surface area contributed by atoms with Gasteiger partial charge < -0.3 is 10.5 Å². The Balaban J connectivity index is 1.46. The molecule has 1 aliphatic heterocycles. The molecule has 0 amide bonds. The topological polar surface area (TPSA) is 94.5 Å². The van der Waals surface area contributed by atoms with Crippen molar-refractivity contribution in [1.29, 1.82) is 0 Å². The molecular formula is C19H16F3N7O. The molecule has 30 heavy (non-hydrogen) atoms. The zero-order chi connectivity index (χ0) is 21.0. The van der Waals surface area contributed by atoms with Crippen molar-refractivity contribution in [2.24, 2.45) is 0 Å². The van der Waals surface area contributed by atoms with Gasteiger partial charge in [0, 0.05) is 24.7 Å². The number of benzene rings is 1. The molecule has 0 unspecified atom stereocenters. The number of ether oxygens (including phenoxy) is 1. The van der Waals surface area contributed by atoms with Gasteiger partial charge in [-0.05, 0) is 23.8 Å². The molecule has 4 heterocycles. The Bertz CT molecular complexity index is 1280. The molecular weight excluding hydrogens is 399 g/mol. The van der Waals surface area contributed by atoms with E-state index in [4.69, 9.17) is 10.5 Å². The molecule has 0 fully saturated rings. The van der Waals surface area contributed by atoms with Gasteiger partial charge in [-0.1, -0.05) is 6.07 Å². The third-order valence-corrected chi connectivity index (χ3v) is 5.07. The number of rotatable bonds is 3. The second-order valence-corrected chi connectivity index (χ2v) is 7.06. The first kappa shape index (κ1) is 18.6. The summed E-state index contributed by atoms with van der Waals surface area (Å²) in [6, 6.07) is 6.62. The molecule has 11 heteroatoms. The predicted octanol–water partition coefficient (Wildman–Crippen LogP) is 2.80. The minimum absolute atomic E-state index is 0.168. The number of pyridine rings is 1. The number of anilines is 1. The molecule has 0 radical (unpaired) electrons. The lowest BCUT2D eigenvalue weighted by Crippen LogP contribution is -2.16. The molecule has 3 aromatic heterocycles.